The van der Waals surface area contributed by atoms with Gasteiger partial charge in [-0.2, -0.15) is 0 Å². The number of phenols is 1. The van der Waals surface area contributed by atoms with Crippen molar-refractivity contribution in [3.63, 3.8) is 0 Å². The van der Waals surface area contributed by atoms with Crippen molar-refractivity contribution in [2.75, 3.05) is 0 Å². The zero-order valence-electron chi connectivity index (χ0n) is 9.57. The lowest BCUT2D eigenvalue weighted by Gasteiger charge is -2.23. The van der Waals surface area contributed by atoms with Crippen LogP contribution in [-0.2, 0) is 6.42 Å². The SMILES string of the molecule is CC(C)C(Cc1cccc(O)c1)C(C)Cl. The summed E-state index contributed by atoms with van der Waals surface area (Å²) in [5.74, 6) is 1.34. The van der Waals surface area contributed by atoms with E-state index in [4.69, 9.17) is 11.6 Å². The van der Waals surface area contributed by atoms with Crippen LogP contribution >= 0.6 is 11.6 Å². The molecule has 0 aliphatic rings. The molecule has 0 bridgehead atoms. The van der Waals surface area contributed by atoms with Crippen LogP contribution in [0.3, 0.4) is 0 Å². The van der Waals surface area contributed by atoms with E-state index < -0.39 is 0 Å². The summed E-state index contributed by atoms with van der Waals surface area (Å²) >= 11 is 6.17. The zero-order valence-corrected chi connectivity index (χ0v) is 10.3. The Morgan fingerprint density at radius 2 is 1.93 bits per heavy atom. The molecule has 1 rings (SSSR count). The lowest BCUT2D eigenvalue weighted by Crippen LogP contribution is -2.20. The van der Waals surface area contributed by atoms with Crippen LogP contribution in [0.4, 0.5) is 0 Å². The van der Waals surface area contributed by atoms with E-state index in [1.807, 2.05) is 25.1 Å². The monoisotopic (exact) mass is 226 g/mol. The minimum atomic E-state index is 0.160. The number of halogens is 1. The molecule has 0 saturated carbocycles. The van der Waals surface area contributed by atoms with Gasteiger partial charge in [0.2, 0.25) is 0 Å². The number of hydrogen-bond acceptors (Lipinski definition) is 1. The predicted molar refractivity (Wildman–Crippen MR) is 65.5 cm³/mol. The molecule has 0 aliphatic carbocycles. The second-order valence-corrected chi connectivity index (χ2v) is 5.15. The Hall–Kier alpha value is -0.690. The summed E-state index contributed by atoms with van der Waals surface area (Å²) in [6.45, 7) is 6.41. The van der Waals surface area contributed by atoms with Crippen molar-refractivity contribution in [1.82, 2.24) is 0 Å². The molecule has 0 heterocycles. The van der Waals surface area contributed by atoms with Gasteiger partial charge in [0.25, 0.3) is 0 Å². The van der Waals surface area contributed by atoms with Crippen LogP contribution in [0.1, 0.15) is 26.3 Å². The molecule has 0 radical (unpaired) electrons. The van der Waals surface area contributed by atoms with Crippen LogP contribution in [0, 0.1) is 11.8 Å². The fraction of sp³-hybridized carbons (Fsp3) is 0.538. The summed E-state index contributed by atoms with van der Waals surface area (Å²) in [5, 5.41) is 9.53. The van der Waals surface area contributed by atoms with E-state index in [0.29, 0.717) is 17.6 Å². The second-order valence-electron chi connectivity index (χ2n) is 4.46. The molecular weight excluding hydrogens is 208 g/mol. The first-order chi connectivity index (χ1) is 7.00. The summed E-state index contributed by atoms with van der Waals surface area (Å²) in [5.41, 5.74) is 1.15. The molecule has 0 amide bonds. The average molecular weight is 227 g/mol. The van der Waals surface area contributed by atoms with E-state index in [1.54, 1.807) is 6.07 Å². The van der Waals surface area contributed by atoms with Crippen LogP contribution in [0.2, 0.25) is 0 Å². The molecule has 0 saturated heterocycles. The number of rotatable bonds is 4. The van der Waals surface area contributed by atoms with E-state index in [-0.39, 0.29) is 5.38 Å². The molecule has 0 spiro atoms. The van der Waals surface area contributed by atoms with Gasteiger partial charge in [-0.25, -0.2) is 0 Å². The normalized spacial score (nSPS) is 15.3. The maximum absolute atomic E-state index is 9.37. The van der Waals surface area contributed by atoms with E-state index in [2.05, 4.69) is 13.8 Å². The van der Waals surface area contributed by atoms with Gasteiger partial charge < -0.3 is 5.11 Å². The minimum absolute atomic E-state index is 0.160. The third-order valence-corrected chi connectivity index (χ3v) is 3.15. The minimum Gasteiger partial charge on any atom is -0.508 e. The van der Waals surface area contributed by atoms with Gasteiger partial charge in [-0.15, -0.1) is 11.6 Å². The van der Waals surface area contributed by atoms with Crippen molar-refractivity contribution < 1.29 is 5.11 Å². The maximum atomic E-state index is 9.37. The standard InChI is InChI=1S/C13H19ClO/c1-9(2)13(10(3)14)8-11-5-4-6-12(15)7-11/h4-7,9-10,13,15H,8H2,1-3H3. The molecule has 2 heteroatoms. The Morgan fingerprint density at radius 1 is 1.27 bits per heavy atom. The van der Waals surface area contributed by atoms with Crippen molar-refractivity contribution in [3.8, 4) is 5.75 Å². The molecule has 2 unspecified atom stereocenters. The quantitative estimate of drug-likeness (QED) is 0.774. The predicted octanol–water partition coefficient (Wildman–Crippen LogP) is 3.83. The summed E-state index contributed by atoms with van der Waals surface area (Å²) in [4.78, 5) is 0. The van der Waals surface area contributed by atoms with Crippen LogP contribution in [-0.4, -0.2) is 10.5 Å². The van der Waals surface area contributed by atoms with Gasteiger partial charge in [-0.3, -0.25) is 0 Å². The first kappa shape index (κ1) is 12.4. The van der Waals surface area contributed by atoms with Gasteiger partial charge in [0.15, 0.2) is 0 Å². The Labute approximate surface area is 97.1 Å². The lowest BCUT2D eigenvalue weighted by molar-refractivity contribution is 0.375. The topological polar surface area (TPSA) is 20.2 Å². The van der Waals surface area contributed by atoms with Crippen molar-refractivity contribution in [3.05, 3.63) is 29.8 Å². The number of alkyl halides is 1. The highest BCUT2D eigenvalue weighted by atomic mass is 35.5. The van der Waals surface area contributed by atoms with Gasteiger partial charge in [0, 0.05) is 5.38 Å². The Bertz CT molecular complexity index is 299. The number of aromatic hydroxyl groups is 1. The summed E-state index contributed by atoms with van der Waals surface area (Å²) in [7, 11) is 0. The first-order valence-corrected chi connectivity index (χ1v) is 5.86. The fourth-order valence-corrected chi connectivity index (χ4v) is 2.26. The van der Waals surface area contributed by atoms with Crippen molar-refractivity contribution in [2.24, 2.45) is 11.8 Å². The molecule has 0 aliphatic heterocycles. The smallest absolute Gasteiger partial charge is 0.115 e. The Kier molecular flexibility index (Phi) is 4.46. The summed E-state index contributed by atoms with van der Waals surface area (Å²) < 4.78 is 0. The Balaban J connectivity index is 2.74. The number of phenolic OH excluding ortho intramolecular Hbond substituents is 1. The maximum Gasteiger partial charge on any atom is 0.115 e. The van der Waals surface area contributed by atoms with E-state index >= 15 is 0 Å². The molecule has 1 nitrogen and oxygen atoms in total. The van der Waals surface area contributed by atoms with Gasteiger partial charge in [-0.05, 0) is 42.9 Å². The van der Waals surface area contributed by atoms with Gasteiger partial charge in [0.1, 0.15) is 5.75 Å². The highest BCUT2D eigenvalue weighted by Crippen LogP contribution is 2.25. The van der Waals surface area contributed by atoms with Crippen molar-refractivity contribution in [2.45, 2.75) is 32.6 Å². The van der Waals surface area contributed by atoms with Gasteiger partial charge in [0.05, 0.1) is 0 Å². The van der Waals surface area contributed by atoms with Gasteiger partial charge in [-0.1, -0.05) is 26.0 Å². The molecule has 15 heavy (non-hydrogen) atoms. The van der Waals surface area contributed by atoms with Crippen LogP contribution < -0.4 is 0 Å². The molecule has 84 valence electrons. The second kappa shape index (κ2) is 5.41. The van der Waals surface area contributed by atoms with E-state index in [0.717, 1.165) is 12.0 Å². The largest absolute Gasteiger partial charge is 0.508 e. The van der Waals surface area contributed by atoms with Crippen LogP contribution in [0.25, 0.3) is 0 Å². The summed E-state index contributed by atoms with van der Waals surface area (Å²) in [6, 6.07) is 7.42. The van der Waals surface area contributed by atoms with Crippen molar-refractivity contribution in [1.29, 1.82) is 0 Å². The molecule has 0 aromatic heterocycles. The molecule has 1 N–H and O–H groups in total. The third-order valence-electron chi connectivity index (χ3n) is 2.83. The number of benzene rings is 1. The lowest BCUT2D eigenvalue weighted by atomic mass is 9.87. The Morgan fingerprint density at radius 3 is 2.40 bits per heavy atom. The molecule has 0 fully saturated rings. The molecule has 1 aromatic rings. The van der Waals surface area contributed by atoms with Crippen LogP contribution in [0.5, 0.6) is 5.75 Å². The number of hydrogen-bond donors (Lipinski definition) is 1. The molecule has 2 atom stereocenters. The zero-order chi connectivity index (χ0) is 11.4. The fourth-order valence-electron chi connectivity index (χ4n) is 1.88. The van der Waals surface area contributed by atoms with E-state index in [1.165, 1.54) is 0 Å². The van der Waals surface area contributed by atoms with Crippen molar-refractivity contribution >= 4 is 11.6 Å². The van der Waals surface area contributed by atoms with Crippen LogP contribution in [0.15, 0.2) is 24.3 Å². The first-order valence-electron chi connectivity index (χ1n) is 5.42. The highest BCUT2D eigenvalue weighted by molar-refractivity contribution is 6.20. The molecular formula is C13H19ClO. The van der Waals surface area contributed by atoms with E-state index in [9.17, 15) is 5.11 Å². The molecule has 1 aromatic carbocycles. The summed E-state index contributed by atoms with van der Waals surface area (Å²) in [6.07, 6.45) is 0.927. The highest BCUT2D eigenvalue weighted by Gasteiger charge is 2.19. The average Bonchev–Trinajstić information content (AvgIpc) is 2.13. The third kappa shape index (κ3) is 3.75. The van der Waals surface area contributed by atoms with Gasteiger partial charge >= 0.3 is 0 Å².